The predicted molar refractivity (Wildman–Crippen MR) is 83.8 cm³/mol. The van der Waals surface area contributed by atoms with Gasteiger partial charge in [0.05, 0.1) is 15.6 Å². The molecule has 0 spiro atoms. The standard InChI is InChI=1S/C14H15FN2O4S2/c1-8-5-10(15)7-11(6-8)23(20,21)16-4-3-12-17-9(2)13(22-12)14(18)19/h5-7,16H,3-4H2,1-2H3,(H,18,19). The molecular formula is C14H15FN2O4S2. The summed E-state index contributed by atoms with van der Waals surface area (Å²) in [5, 5.41) is 9.48. The maximum atomic E-state index is 13.3. The largest absolute Gasteiger partial charge is 0.477 e. The van der Waals surface area contributed by atoms with E-state index in [1.807, 2.05) is 0 Å². The molecule has 0 fully saturated rings. The fraction of sp³-hybridized carbons (Fsp3) is 0.286. The van der Waals surface area contributed by atoms with Gasteiger partial charge in [-0.1, -0.05) is 0 Å². The Labute approximate surface area is 137 Å². The number of hydrogen-bond donors (Lipinski definition) is 2. The van der Waals surface area contributed by atoms with E-state index in [0.29, 0.717) is 16.3 Å². The Balaban J connectivity index is 2.05. The molecule has 2 N–H and O–H groups in total. The van der Waals surface area contributed by atoms with E-state index in [2.05, 4.69) is 9.71 Å². The number of carboxylic acid groups (broad SMARTS) is 1. The molecule has 0 aliphatic heterocycles. The second-order valence-electron chi connectivity index (χ2n) is 4.94. The number of aryl methyl sites for hydroxylation is 2. The molecule has 0 saturated heterocycles. The van der Waals surface area contributed by atoms with Gasteiger partial charge >= 0.3 is 5.97 Å². The lowest BCUT2D eigenvalue weighted by Crippen LogP contribution is -2.26. The number of hydrogen-bond acceptors (Lipinski definition) is 5. The number of aromatic carboxylic acids is 1. The van der Waals surface area contributed by atoms with Crippen LogP contribution in [0.5, 0.6) is 0 Å². The average molecular weight is 358 g/mol. The van der Waals surface area contributed by atoms with Gasteiger partial charge in [-0.25, -0.2) is 27.3 Å². The van der Waals surface area contributed by atoms with E-state index in [1.165, 1.54) is 12.1 Å². The zero-order valence-electron chi connectivity index (χ0n) is 12.5. The van der Waals surface area contributed by atoms with Crippen molar-refractivity contribution in [3.8, 4) is 0 Å². The molecule has 0 saturated carbocycles. The van der Waals surface area contributed by atoms with E-state index in [1.54, 1.807) is 13.8 Å². The molecule has 0 aliphatic rings. The first-order valence-electron chi connectivity index (χ1n) is 6.65. The van der Waals surface area contributed by atoms with E-state index < -0.39 is 21.8 Å². The molecule has 0 amide bonds. The first-order valence-corrected chi connectivity index (χ1v) is 8.95. The molecule has 6 nitrogen and oxygen atoms in total. The molecule has 1 aromatic carbocycles. The number of benzene rings is 1. The van der Waals surface area contributed by atoms with Gasteiger partial charge in [-0.3, -0.25) is 0 Å². The minimum atomic E-state index is -3.82. The minimum absolute atomic E-state index is 0.0455. The number of sulfonamides is 1. The van der Waals surface area contributed by atoms with Crippen molar-refractivity contribution in [2.45, 2.75) is 25.2 Å². The maximum absolute atomic E-state index is 13.3. The van der Waals surface area contributed by atoms with Crippen molar-refractivity contribution in [1.29, 1.82) is 0 Å². The first-order chi connectivity index (χ1) is 10.7. The summed E-state index contributed by atoms with van der Waals surface area (Å²) in [6.07, 6.45) is 0.256. The summed E-state index contributed by atoms with van der Waals surface area (Å²) < 4.78 is 39.9. The van der Waals surface area contributed by atoms with Crippen LogP contribution in [0.15, 0.2) is 23.1 Å². The van der Waals surface area contributed by atoms with Crippen LogP contribution in [0.2, 0.25) is 0 Å². The third-order valence-corrected chi connectivity index (χ3v) is 5.64. The molecule has 2 aromatic rings. The SMILES string of the molecule is Cc1cc(F)cc(S(=O)(=O)NCCc2nc(C)c(C(=O)O)s2)c1. The monoisotopic (exact) mass is 358 g/mol. The molecule has 9 heteroatoms. The van der Waals surface area contributed by atoms with Crippen molar-refractivity contribution in [3.05, 3.63) is 45.2 Å². The zero-order chi connectivity index (χ0) is 17.2. The third-order valence-electron chi connectivity index (χ3n) is 2.99. The molecule has 0 bridgehead atoms. The highest BCUT2D eigenvalue weighted by molar-refractivity contribution is 7.89. The van der Waals surface area contributed by atoms with Crippen LogP contribution >= 0.6 is 11.3 Å². The number of nitrogens with one attached hydrogen (secondary N) is 1. The average Bonchev–Trinajstić information content (AvgIpc) is 2.78. The Kier molecular flexibility index (Phi) is 5.12. The molecule has 0 atom stereocenters. The Bertz CT molecular complexity index is 826. The highest BCUT2D eigenvalue weighted by Crippen LogP contribution is 2.18. The van der Waals surface area contributed by atoms with Gasteiger partial charge in [0.25, 0.3) is 0 Å². The Morgan fingerprint density at radius 2 is 2.04 bits per heavy atom. The van der Waals surface area contributed by atoms with Crippen molar-refractivity contribution < 1.29 is 22.7 Å². The summed E-state index contributed by atoms with van der Waals surface area (Å²) in [6, 6.07) is 3.57. The lowest BCUT2D eigenvalue weighted by atomic mass is 10.2. The summed E-state index contributed by atoms with van der Waals surface area (Å²) in [5.41, 5.74) is 0.910. The summed E-state index contributed by atoms with van der Waals surface area (Å²) in [6.45, 7) is 3.24. The normalized spacial score (nSPS) is 11.6. The number of rotatable bonds is 6. The highest BCUT2D eigenvalue weighted by atomic mass is 32.2. The number of nitrogens with zero attached hydrogens (tertiary/aromatic N) is 1. The molecule has 1 aromatic heterocycles. The number of carboxylic acids is 1. The quantitative estimate of drug-likeness (QED) is 0.824. The van der Waals surface area contributed by atoms with E-state index in [-0.39, 0.29) is 22.7 Å². The molecule has 23 heavy (non-hydrogen) atoms. The summed E-state index contributed by atoms with van der Waals surface area (Å²) >= 11 is 1.01. The van der Waals surface area contributed by atoms with Crippen LogP contribution in [0.3, 0.4) is 0 Å². The fourth-order valence-electron chi connectivity index (χ4n) is 1.99. The van der Waals surface area contributed by atoms with Gasteiger partial charge in [0.15, 0.2) is 0 Å². The van der Waals surface area contributed by atoms with Crippen molar-refractivity contribution in [2.24, 2.45) is 0 Å². The second kappa shape index (κ2) is 6.73. The topological polar surface area (TPSA) is 96.4 Å². The first kappa shape index (κ1) is 17.5. The van der Waals surface area contributed by atoms with E-state index in [4.69, 9.17) is 5.11 Å². The van der Waals surface area contributed by atoms with Gasteiger partial charge in [0.2, 0.25) is 10.0 Å². The number of carbonyl (C=O) groups is 1. The Morgan fingerprint density at radius 1 is 1.35 bits per heavy atom. The second-order valence-corrected chi connectivity index (χ2v) is 7.79. The zero-order valence-corrected chi connectivity index (χ0v) is 14.1. The van der Waals surface area contributed by atoms with Crippen LogP contribution < -0.4 is 4.72 Å². The fourth-order valence-corrected chi connectivity index (χ4v) is 4.04. The Morgan fingerprint density at radius 3 is 2.61 bits per heavy atom. The summed E-state index contributed by atoms with van der Waals surface area (Å²) in [5.74, 6) is -1.67. The van der Waals surface area contributed by atoms with E-state index >= 15 is 0 Å². The summed E-state index contributed by atoms with van der Waals surface area (Å²) in [7, 11) is -3.82. The predicted octanol–water partition coefficient (Wildman–Crippen LogP) is 2.12. The van der Waals surface area contributed by atoms with E-state index in [0.717, 1.165) is 17.4 Å². The molecule has 1 heterocycles. The van der Waals surface area contributed by atoms with Gasteiger partial charge in [-0.15, -0.1) is 11.3 Å². The van der Waals surface area contributed by atoms with Crippen LogP contribution in [-0.4, -0.2) is 31.0 Å². The molecule has 0 radical (unpaired) electrons. The summed E-state index contributed by atoms with van der Waals surface area (Å²) in [4.78, 5) is 15.0. The number of halogens is 1. The third kappa shape index (κ3) is 4.34. The van der Waals surface area contributed by atoms with Gasteiger partial charge in [-0.05, 0) is 37.6 Å². The van der Waals surface area contributed by atoms with Crippen molar-refractivity contribution >= 4 is 27.3 Å². The number of thiazole rings is 1. The van der Waals surface area contributed by atoms with Gasteiger partial charge in [-0.2, -0.15) is 0 Å². The smallest absolute Gasteiger partial charge is 0.347 e. The molecular weight excluding hydrogens is 343 g/mol. The molecule has 0 aliphatic carbocycles. The molecule has 0 unspecified atom stereocenters. The van der Waals surface area contributed by atoms with Crippen molar-refractivity contribution in [2.75, 3.05) is 6.54 Å². The van der Waals surface area contributed by atoms with Crippen molar-refractivity contribution in [3.63, 3.8) is 0 Å². The van der Waals surface area contributed by atoms with Gasteiger partial charge in [0.1, 0.15) is 10.7 Å². The number of aromatic nitrogens is 1. The van der Waals surface area contributed by atoms with Gasteiger partial charge < -0.3 is 5.11 Å². The van der Waals surface area contributed by atoms with Crippen LogP contribution in [0.1, 0.15) is 25.9 Å². The highest BCUT2D eigenvalue weighted by Gasteiger charge is 2.17. The Hall–Kier alpha value is -1.84. The van der Waals surface area contributed by atoms with Crippen LogP contribution in [0.25, 0.3) is 0 Å². The lowest BCUT2D eigenvalue weighted by Gasteiger charge is -2.07. The van der Waals surface area contributed by atoms with Gasteiger partial charge in [0, 0.05) is 13.0 Å². The van der Waals surface area contributed by atoms with E-state index in [9.17, 15) is 17.6 Å². The lowest BCUT2D eigenvalue weighted by molar-refractivity contribution is 0.0701. The van der Waals surface area contributed by atoms with Crippen LogP contribution in [-0.2, 0) is 16.4 Å². The molecule has 124 valence electrons. The van der Waals surface area contributed by atoms with Crippen molar-refractivity contribution in [1.82, 2.24) is 9.71 Å². The maximum Gasteiger partial charge on any atom is 0.347 e. The minimum Gasteiger partial charge on any atom is -0.477 e. The molecule has 2 rings (SSSR count). The van der Waals surface area contributed by atoms with Crippen LogP contribution in [0, 0.1) is 19.7 Å². The van der Waals surface area contributed by atoms with Crippen LogP contribution in [0.4, 0.5) is 4.39 Å².